The molecule has 0 radical (unpaired) electrons. The second-order valence-electron chi connectivity index (χ2n) is 6.97. The van der Waals surface area contributed by atoms with Gasteiger partial charge in [0.1, 0.15) is 10.8 Å². The Labute approximate surface area is 152 Å². The predicted octanol–water partition coefficient (Wildman–Crippen LogP) is 4.59. The van der Waals surface area contributed by atoms with Gasteiger partial charge in [0.2, 0.25) is 0 Å². The largest absolute Gasteiger partial charge is 0.447 e. The Bertz CT molecular complexity index is 747. The number of halogens is 1. The van der Waals surface area contributed by atoms with Crippen molar-refractivity contribution in [3.8, 4) is 0 Å². The Morgan fingerprint density at radius 1 is 1.28 bits per heavy atom. The van der Waals surface area contributed by atoms with E-state index in [1.807, 2.05) is 41.5 Å². The third-order valence-electron chi connectivity index (χ3n) is 4.11. The van der Waals surface area contributed by atoms with E-state index in [2.05, 4.69) is 15.6 Å². The van der Waals surface area contributed by atoms with E-state index in [9.17, 15) is 9.18 Å². The van der Waals surface area contributed by atoms with Crippen molar-refractivity contribution in [2.45, 2.75) is 59.4 Å². The Kier molecular flexibility index (Phi) is 6.00. The molecule has 5 nitrogen and oxygen atoms in total. The van der Waals surface area contributed by atoms with Gasteiger partial charge in [-0.25, -0.2) is 14.2 Å². The Morgan fingerprint density at radius 2 is 1.96 bits per heavy atom. The average Bonchev–Trinajstić information content (AvgIpc) is 2.88. The van der Waals surface area contributed by atoms with Crippen LogP contribution in [0.2, 0.25) is 0 Å². The highest BCUT2D eigenvalue weighted by Gasteiger charge is 2.33. The molecule has 7 heteroatoms. The number of amides is 1. The SMILES string of the molecule is CC(C)OC(=O)NC(C)(NC(C)c1nc2ccc(F)cc2s1)C(C)C. The van der Waals surface area contributed by atoms with Crippen molar-refractivity contribution in [3.05, 3.63) is 29.0 Å². The number of ether oxygens (including phenoxy) is 1. The van der Waals surface area contributed by atoms with Gasteiger partial charge in [-0.2, -0.15) is 0 Å². The molecule has 138 valence electrons. The molecule has 1 aromatic carbocycles. The van der Waals surface area contributed by atoms with E-state index in [0.29, 0.717) is 0 Å². The second-order valence-corrected chi connectivity index (χ2v) is 8.03. The molecule has 0 spiro atoms. The van der Waals surface area contributed by atoms with Gasteiger partial charge in [-0.15, -0.1) is 11.3 Å². The number of carbonyl (C=O) groups excluding carboxylic acids is 1. The van der Waals surface area contributed by atoms with E-state index in [4.69, 9.17) is 4.74 Å². The highest BCUT2D eigenvalue weighted by Crippen LogP contribution is 2.29. The van der Waals surface area contributed by atoms with Crippen molar-refractivity contribution in [2.75, 3.05) is 0 Å². The Balaban J connectivity index is 2.17. The normalized spacial score (nSPS) is 15.4. The molecule has 0 bridgehead atoms. The molecule has 2 rings (SSSR count). The zero-order chi connectivity index (χ0) is 18.8. The molecule has 2 atom stereocenters. The minimum Gasteiger partial charge on any atom is -0.447 e. The van der Waals surface area contributed by atoms with Gasteiger partial charge < -0.3 is 10.1 Å². The summed E-state index contributed by atoms with van der Waals surface area (Å²) in [7, 11) is 0. The summed E-state index contributed by atoms with van der Waals surface area (Å²) in [6.07, 6.45) is -0.648. The quantitative estimate of drug-likeness (QED) is 0.733. The number of hydrogen-bond donors (Lipinski definition) is 2. The number of alkyl carbamates (subject to hydrolysis) is 1. The summed E-state index contributed by atoms with van der Waals surface area (Å²) in [4.78, 5) is 16.6. The van der Waals surface area contributed by atoms with E-state index < -0.39 is 11.8 Å². The van der Waals surface area contributed by atoms with Crippen LogP contribution in [-0.4, -0.2) is 22.8 Å². The number of rotatable bonds is 6. The number of nitrogens with zero attached hydrogens (tertiary/aromatic N) is 1. The highest BCUT2D eigenvalue weighted by molar-refractivity contribution is 7.18. The van der Waals surface area contributed by atoms with Gasteiger partial charge in [0.05, 0.1) is 28.0 Å². The smallest absolute Gasteiger partial charge is 0.408 e. The maximum absolute atomic E-state index is 13.4. The number of nitrogens with one attached hydrogen (secondary N) is 2. The lowest BCUT2D eigenvalue weighted by atomic mass is 9.97. The van der Waals surface area contributed by atoms with Crippen LogP contribution in [-0.2, 0) is 4.74 Å². The lowest BCUT2D eigenvalue weighted by Gasteiger charge is -2.37. The van der Waals surface area contributed by atoms with Crippen molar-refractivity contribution in [1.29, 1.82) is 0 Å². The fourth-order valence-corrected chi connectivity index (χ4v) is 3.41. The van der Waals surface area contributed by atoms with Gasteiger partial charge in [-0.05, 0) is 51.8 Å². The molecule has 2 N–H and O–H groups in total. The molecule has 1 amide bonds. The average molecular weight is 367 g/mol. The summed E-state index contributed by atoms with van der Waals surface area (Å²) in [6, 6.07) is 4.46. The van der Waals surface area contributed by atoms with E-state index in [1.165, 1.54) is 23.5 Å². The second kappa shape index (κ2) is 7.66. The van der Waals surface area contributed by atoms with Crippen LogP contribution < -0.4 is 10.6 Å². The molecule has 25 heavy (non-hydrogen) atoms. The van der Waals surface area contributed by atoms with Crippen LogP contribution in [0.3, 0.4) is 0 Å². The summed E-state index contributed by atoms with van der Waals surface area (Å²) in [5, 5.41) is 7.18. The van der Waals surface area contributed by atoms with Crippen molar-refractivity contribution >= 4 is 27.6 Å². The van der Waals surface area contributed by atoms with Crippen molar-refractivity contribution in [3.63, 3.8) is 0 Å². The lowest BCUT2D eigenvalue weighted by Crippen LogP contribution is -2.60. The molecule has 0 aliphatic carbocycles. The zero-order valence-corrected chi connectivity index (χ0v) is 16.3. The predicted molar refractivity (Wildman–Crippen MR) is 99.1 cm³/mol. The van der Waals surface area contributed by atoms with Gasteiger partial charge >= 0.3 is 6.09 Å². The van der Waals surface area contributed by atoms with Crippen LogP contribution in [0.5, 0.6) is 0 Å². The monoisotopic (exact) mass is 367 g/mol. The van der Waals surface area contributed by atoms with Crippen molar-refractivity contribution < 1.29 is 13.9 Å². The Hall–Kier alpha value is -1.73. The molecule has 0 saturated heterocycles. The van der Waals surface area contributed by atoms with E-state index in [1.54, 1.807) is 6.07 Å². The summed E-state index contributed by atoms with van der Waals surface area (Å²) in [5.41, 5.74) is 0.0996. The molecule has 0 aliphatic rings. The minimum absolute atomic E-state index is 0.112. The number of benzene rings is 1. The summed E-state index contributed by atoms with van der Waals surface area (Å²) < 4.78 is 19.4. The van der Waals surface area contributed by atoms with Crippen molar-refractivity contribution in [2.24, 2.45) is 5.92 Å². The van der Waals surface area contributed by atoms with Gasteiger partial charge in [0.15, 0.2) is 0 Å². The van der Waals surface area contributed by atoms with Gasteiger partial charge in [0.25, 0.3) is 0 Å². The zero-order valence-electron chi connectivity index (χ0n) is 15.5. The first-order valence-corrected chi connectivity index (χ1v) is 9.25. The number of hydrogen-bond acceptors (Lipinski definition) is 5. The van der Waals surface area contributed by atoms with E-state index >= 15 is 0 Å². The minimum atomic E-state index is -0.672. The fraction of sp³-hybridized carbons (Fsp3) is 0.556. The molecule has 0 aliphatic heterocycles. The summed E-state index contributed by atoms with van der Waals surface area (Å²) >= 11 is 1.44. The van der Waals surface area contributed by atoms with Crippen LogP contribution in [0, 0.1) is 11.7 Å². The third-order valence-corrected chi connectivity index (χ3v) is 5.31. The van der Waals surface area contributed by atoms with E-state index in [0.717, 1.165) is 15.2 Å². The molecular formula is C18H26FN3O2S. The standard InChI is InChI=1S/C18H26FN3O2S/c1-10(2)18(6,22-17(23)24-11(3)4)21-12(5)16-20-14-8-7-13(19)9-15(14)25-16/h7-12,21H,1-6H3,(H,22,23). The van der Waals surface area contributed by atoms with Crippen LogP contribution in [0.15, 0.2) is 18.2 Å². The molecule has 0 fully saturated rings. The maximum Gasteiger partial charge on any atom is 0.408 e. The number of fused-ring (bicyclic) bond motifs is 1. The van der Waals surface area contributed by atoms with Crippen LogP contribution in [0.4, 0.5) is 9.18 Å². The molecule has 2 aromatic rings. The van der Waals surface area contributed by atoms with E-state index in [-0.39, 0.29) is 23.9 Å². The van der Waals surface area contributed by atoms with Gasteiger partial charge in [-0.1, -0.05) is 13.8 Å². The summed E-state index contributed by atoms with van der Waals surface area (Å²) in [6.45, 7) is 11.5. The van der Waals surface area contributed by atoms with Gasteiger partial charge in [0, 0.05) is 0 Å². The van der Waals surface area contributed by atoms with Crippen LogP contribution in [0.1, 0.15) is 52.6 Å². The summed E-state index contributed by atoms with van der Waals surface area (Å²) in [5.74, 6) is -0.157. The molecule has 1 aromatic heterocycles. The van der Waals surface area contributed by atoms with Crippen molar-refractivity contribution in [1.82, 2.24) is 15.6 Å². The molecule has 1 heterocycles. The maximum atomic E-state index is 13.4. The first-order valence-electron chi connectivity index (χ1n) is 8.43. The van der Waals surface area contributed by atoms with Crippen LogP contribution >= 0.6 is 11.3 Å². The number of aromatic nitrogens is 1. The van der Waals surface area contributed by atoms with Crippen LogP contribution in [0.25, 0.3) is 10.2 Å². The first kappa shape index (κ1) is 19.6. The lowest BCUT2D eigenvalue weighted by molar-refractivity contribution is 0.0896. The fourth-order valence-electron chi connectivity index (χ4n) is 2.42. The first-order chi connectivity index (χ1) is 11.6. The number of thiazole rings is 1. The number of carbonyl (C=O) groups is 1. The van der Waals surface area contributed by atoms with Gasteiger partial charge in [-0.3, -0.25) is 5.32 Å². The Morgan fingerprint density at radius 3 is 2.56 bits per heavy atom. The third kappa shape index (κ3) is 4.89. The topological polar surface area (TPSA) is 63.2 Å². The molecule has 0 saturated carbocycles. The molecule has 2 unspecified atom stereocenters. The molecular weight excluding hydrogens is 341 g/mol. The highest BCUT2D eigenvalue weighted by atomic mass is 32.1.